The van der Waals surface area contributed by atoms with Crippen LogP contribution in [0.3, 0.4) is 0 Å². The van der Waals surface area contributed by atoms with Crippen LogP contribution in [0.4, 0.5) is 0 Å². The molecular weight excluding hydrogens is 196 g/mol. The van der Waals surface area contributed by atoms with Crippen molar-refractivity contribution in [2.75, 3.05) is 40.3 Å². The zero-order chi connectivity index (χ0) is 11.1. The fourth-order valence-electron chi connectivity index (χ4n) is 4.03. The molecule has 2 fully saturated rings. The number of likely N-dealkylation sites (tertiary alicyclic amines) is 1. The van der Waals surface area contributed by atoms with Crippen molar-refractivity contribution >= 4 is 0 Å². The normalized spacial score (nSPS) is 41.2. The number of hydrogen-bond acceptors (Lipinski definition) is 2. The Labute approximate surface area is 99.3 Å². The summed E-state index contributed by atoms with van der Waals surface area (Å²) in [7, 11) is 4.34. The Morgan fingerprint density at radius 1 is 1.12 bits per heavy atom. The van der Waals surface area contributed by atoms with Crippen molar-refractivity contribution in [3.63, 3.8) is 0 Å². The molecule has 2 heteroatoms. The molecule has 1 heterocycles. The minimum Gasteiger partial charge on any atom is -0.309 e. The van der Waals surface area contributed by atoms with E-state index in [-0.39, 0.29) is 0 Å². The summed E-state index contributed by atoms with van der Waals surface area (Å²) in [5, 5.41) is 0. The lowest BCUT2D eigenvalue weighted by molar-refractivity contribution is 0.276. The van der Waals surface area contributed by atoms with Crippen molar-refractivity contribution in [3.05, 3.63) is 12.2 Å². The summed E-state index contributed by atoms with van der Waals surface area (Å²) >= 11 is 0. The van der Waals surface area contributed by atoms with E-state index in [1.807, 2.05) is 0 Å². The molecule has 0 aromatic heterocycles. The first-order valence-corrected chi connectivity index (χ1v) is 6.79. The van der Waals surface area contributed by atoms with E-state index in [4.69, 9.17) is 0 Å². The van der Waals surface area contributed by atoms with Crippen LogP contribution in [-0.2, 0) is 0 Å². The van der Waals surface area contributed by atoms with E-state index in [9.17, 15) is 0 Å². The number of nitrogens with zero attached hydrogens (tertiary/aromatic N) is 2. The zero-order valence-electron chi connectivity index (χ0n) is 10.6. The third-order valence-corrected chi connectivity index (χ3v) is 4.82. The van der Waals surface area contributed by atoms with Crippen LogP contribution in [0.2, 0.25) is 0 Å². The SMILES string of the molecule is CN(C)CCCN1C[C@@H]2[C@H](C1)[C@H]1C=C[C@H]2C1. The maximum Gasteiger partial charge on any atom is 0.00188 e. The lowest BCUT2D eigenvalue weighted by Gasteiger charge is -2.19. The molecule has 3 rings (SSSR count). The Kier molecular flexibility index (Phi) is 2.80. The number of hydrogen-bond donors (Lipinski definition) is 0. The minimum absolute atomic E-state index is 0.939. The van der Waals surface area contributed by atoms with Crippen molar-refractivity contribution in [3.8, 4) is 0 Å². The molecule has 0 unspecified atom stereocenters. The van der Waals surface area contributed by atoms with E-state index in [1.165, 1.54) is 39.0 Å². The van der Waals surface area contributed by atoms with Gasteiger partial charge >= 0.3 is 0 Å². The fourth-order valence-corrected chi connectivity index (χ4v) is 4.03. The molecular formula is C14H24N2. The van der Waals surface area contributed by atoms with E-state index in [0.717, 1.165) is 23.7 Å². The molecule has 3 aliphatic rings. The number of fused-ring (bicyclic) bond motifs is 5. The van der Waals surface area contributed by atoms with Crippen molar-refractivity contribution in [1.29, 1.82) is 0 Å². The van der Waals surface area contributed by atoms with Gasteiger partial charge in [-0.2, -0.15) is 0 Å². The molecule has 2 nitrogen and oxygen atoms in total. The van der Waals surface area contributed by atoms with Crippen molar-refractivity contribution in [1.82, 2.24) is 9.80 Å². The topological polar surface area (TPSA) is 6.48 Å². The quantitative estimate of drug-likeness (QED) is 0.665. The van der Waals surface area contributed by atoms with E-state index < -0.39 is 0 Å². The summed E-state index contributed by atoms with van der Waals surface area (Å²) in [6, 6.07) is 0. The Morgan fingerprint density at radius 3 is 2.31 bits per heavy atom. The molecule has 0 amide bonds. The van der Waals surface area contributed by atoms with Gasteiger partial charge in [0.05, 0.1) is 0 Å². The van der Waals surface area contributed by atoms with E-state index in [2.05, 4.69) is 36.0 Å². The Balaban J connectivity index is 1.48. The van der Waals surface area contributed by atoms with E-state index in [0.29, 0.717) is 0 Å². The highest BCUT2D eigenvalue weighted by Gasteiger charge is 2.48. The molecule has 0 spiro atoms. The van der Waals surface area contributed by atoms with Gasteiger partial charge < -0.3 is 9.80 Å². The zero-order valence-corrected chi connectivity index (χ0v) is 10.6. The van der Waals surface area contributed by atoms with Gasteiger partial charge in [-0.15, -0.1) is 0 Å². The van der Waals surface area contributed by atoms with Crippen molar-refractivity contribution in [2.24, 2.45) is 23.7 Å². The molecule has 2 bridgehead atoms. The lowest BCUT2D eigenvalue weighted by atomic mass is 9.86. The van der Waals surface area contributed by atoms with Gasteiger partial charge in [0.15, 0.2) is 0 Å². The second kappa shape index (κ2) is 4.15. The van der Waals surface area contributed by atoms with Gasteiger partial charge in [0.25, 0.3) is 0 Å². The molecule has 0 N–H and O–H groups in total. The summed E-state index contributed by atoms with van der Waals surface area (Å²) in [4.78, 5) is 5.01. The molecule has 2 aliphatic carbocycles. The average Bonchev–Trinajstić information content (AvgIpc) is 2.87. The molecule has 0 aromatic carbocycles. The highest BCUT2D eigenvalue weighted by molar-refractivity contribution is 5.16. The van der Waals surface area contributed by atoms with Gasteiger partial charge in [-0.3, -0.25) is 0 Å². The van der Waals surface area contributed by atoms with Crippen LogP contribution in [0.1, 0.15) is 12.8 Å². The van der Waals surface area contributed by atoms with Crippen molar-refractivity contribution < 1.29 is 0 Å². The third-order valence-electron chi connectivity index (χ3n) is 4.82. The van der Waals surface area contributed by atoms with Crippen LogP contribution >= 0.6 is 0 Å². The summed E-state index contributed by atoms with van der Waals surface area (Å²) in [5.41, 5.74) is 0. The first-order valence-electron chi connectivity index (χ1n) is 6.79. The standard InChI is InChI=1S/C14H24N2/c1-15(2)6-3-7-16-9-13-11-4-5-12(8-11)14(13)10-16/h4-5,11-14H,3,6-10H2,1-2H3/t11-,12-,13-,14+/m0/s1. The number of rotatable bonds is 4. The molecule has 1 saturated heterocycles. The van der Waals surface area contributed by atoms with Crippen LogP contribution in [0.5, 0.6) is 0 Å². The van der Waals surface area contributed by atoms with Gasteiger partial charge in [0.1, 0.15) is 0 Å². The fraction of sp³-hybridized carbons (Fsp3) is 0.857. The van der Waals surface area contributed by atoms with Gasteiger partial charge in [0, 0.05) is 13.1 Å². The summed E-state index contributed by atoms with van der Waals surface area (Å²) in [6.07, 6.45) is 7.79. The van der Waals surface area contributed by atoms with Gasteiger partial charge in [0.2, 0.25) is 0 Å². The van der Waals surface area contributed by atoms with Crippen LogP contribution in [0.15, 0.2) is 12.2 Å². The minimum atomic E-state index is 0.939. The Bertz CT molecular complexity index is 264. The number of allylic oxidation sites excluding steroid dienone is 2. The maximum atomic E-state index is 2.71. The summed E-state index contributed by atoms with van der Waals surface area (Å²) in [6.45, 7) is 5.30. The lowest BCUT2D eigenvalue weighted by Crippen LogP contribution is -2.27. The molecule has 4 atom stereocenters. The summed E-state index contributed by atoms with van der Waals surface area (Å²) in [5.74, 6) is 3.89. The molecule has 0 radical (unpaired) electrons. The van der Waals surface area contributed by atoms with Crippen LogP contribution < -0.4 is 0 Å². The Morgan fingerprint density at radius 2 is 1.75 bits per heavy atom. The summed E-state index contributed by atoms with van der Waals surface area (Å²) < 4.78 is 0. The largest absolute Gasteiger partial charge is 0.309 e. The van der Waals surface area contributed by atoms with Crippen molar-refractivity contribution in [2.45, 2.75) is 12.8 Å². The second-order valence-corrected chi connectivity index (χ2v) is 6.19. The van der Waals surface area contributed by atoms with Gasteiger partial charge in [-0.25, -0.2) is 0 Å². The molecule has 90 valence electrons. The predicted molar refractivity (Wildman–Crippen MR) is 67.3 cm³/mol. The molecule has 0 aromatic rings. The maximum absolute atomic E-state index is 2.71. The second-order valence-electron chi connectivity index (χ2n) is 6.19. The molecule has 1 aliphatic heterocycles. The molecule has 1 saturated carbocycles. The highest BCUT2D eigenvalue weighted by Crippen LogP contribution is 2.51. The first-order chi connectivity index (χ1) is 7.74. The van der Waals surface area contributed by atoms with Crippen LogP contribution in [0.25, 0.3) is 0 Å². The predicted octanol–water partition coefficient (Wildman–Crippen LogP) is 1.69. The van der Waals surface area contributed by atoms with Gasteiger partial charge in [-0.05, 0) is 63.7 Å². The van der Waals surface area contributed by atoms with Crippen LogP contribution in [-0.4, -0.2) is 50.1 Å². The van der Waals surface area contributed by atoms with E-state index >= 15 is 0 Å². The van der Waals surface area contributed by atoms with Gasteiger partial charge in [-0.1, -0.05) is 12.2 Å². The Hall–Kier alpha value is -0.340. The smallest absolute Gasteiger partial charge is 0.00188 e. The molecule has 16 heavy (non-hydrogen) atoms. The monoisotopic (exact) mass is 220 g/mol. The first kappa shape index (κ1) is 10.8. The van der Waals surface area contributed by atoms with Crippen LogP contribution in [0, 0.1) is 23.7 Å². The van der Waals surface area contributed by atoms with E-state index in [1.54, 1.807) is 0 Å². The third kappa shape index (κ3) is 1.82. The highest BCUT2D eigenvalue weighted by atomic mass is 15.2. The average molecular weight is 220 g/mol.